The van der Waals surface area contributed by atoms with Crippen molar-refractivity contribution in [3.8, 4) is 0 Å². The van der Waals surface area contributed by atoms with Crippen LogP contribution >= 0.6 is 0 Å². The second-order valence-corrected chi connectivity index (χ2v) is 5.11. The minimum atomic E-state index is -0.781. The number of aliphatic hydroxyl groups is 1. The molecule has 96 valence electrons. The SMILES string of the molecule is CN(Cc1cc(CN)ccc1F)CC(C)(C)O. The van der Waals surface area contributed by atoms with Gasteiger partial charge in [-0.2, -0.15) is 0 Å². The lowest BCUT2D eigenvalue weighted by molar-refractivity contribution is 0.0422. The number of hydrogen-bond acceptors (Lipinski definition) is 3. The van der Waals surface area contributed by atoms with Gasteiger partial charge in [0.1, 0.15) is 5.82 Å². The summed E-state index contributed by atoms with van der Waals surface area (Å²) in [7, 11) is 1.85. The summed E-state index contributed by atoms with van der Waals surface area (Å²) in [4.78, 5) is 1.89. The van der Waals surface area contributed by atoms with Crippen molar-refractivity contribution in [2.24, 2.45) is 5.73 Å². The molecule has 0 atom stereocenters. The van der Waals surface area contributed by atoms with E-state index in [2.05, 4.69) is 0 Å². The quantitative estimate of drug-likeness (QED) is 0.819. The largest absolute Gasteiger partial charge is 0.389 e. The van der Waals surface area contributed by atoms with E-state index in [0.29, 0.717) is 25.2 Å². The second kappa shape index (κ2) is 5.58. The van der Waals surface area contributed by atoms with Crippen molar-refractivity contribution in [2.45, 2.75) is 32.5 Å². The van der Waals surface area contributed by atoms with Crippen LogP contribution in [-0.4, -0.2) is 29.2 Å². The van der Waals surface area contributed by atoms with E-state index in [4.69, 9.17) is 5.73 Å². The molecule has 0 radical (unpaired) electrons. The van der Waals surface area contributed by atoms with Crippen molar-refractivity contribution < 1.29 is 9.50 Å². The third-order valence-electron chi connectivity index (χ3n) is 2.44. The highest BCUT2D eigenvalue weighted by Gasteiger charge is 2.16. The summed E-state index contributed by atoms with van der Waals surface area (Å²) in [5.41, 5.74) is 6.27. The third-order valence-corrected chi connectivity index (χ3v) is 2.44. The van der Waals surface area contributed by atoms with Gasteiger partial charge in [-0.3, -0.25) is 4.90 Å². The molecule has 0 heterocycles. The van der Waals surface area contributed by atoms with E-state index in [-0.39, 0.29) is 5.82 Å². The Morgan fingerprint density at radius 3 is 2.59 bits per heavy atom. The first-order chi connectivity index (χ1) is 7.81. The summed E-state index contributed by atoms with van der Waals surface area (Å²) in [6.07, 6.45) is 0. The molecule has 0 saturated heterocycles. The smallest absolute Gasteiger partial charge is 0.127 e. The Bertz CT molecular complexity index is 374. The van der Waals surface area contributed by atoms with Gasteiger partial charge in [0.2, 0.25) is 0 Å². The van der Waals surface area contributed by atoms with E-state index in [1.807, 2.05) is 11.9 Å². The molecule has 0 unspecified atom stereocenters. The second-order valence-electron chi connectivity index (χ2n) is 5.11. The predicted molar refractivity (Wildman–Crippen MR) is 66.9 cm³/mol. The van der Waals surface area contributed by atoms with Crippen molar-refractivity contribution in [1.82, 2.24) is 4.90 Å². The summed E-state index contributed by atoms with van der Waals surface area (Å²) < 4.78 is 13.6. The van der Waals surface area contributed by atoms with Gasteiger partial charge in [-0.05, 0) is 32.5 Å². The maximum Gasteiger partial charge on any atom is 0.127 e. The molecule has 0 saturated carbocycles. The van der Waals surface area contributed by atoms with Crippen molar-refractivity contribution >= 4 is 0 Å². The van der Waals surface area contributed by atoms with Gasteiger partial charge < -0.3 is 10.8 Å². The van der Waals surface area contributed by atoms with Gasteiger partial charge >= 0.3 is 0 Å². The zero-order valence-electron chi connectivity index (χ0n) is 10.7. The molecule has 3 nitrogen and oxygen atoms in total. The molecule has 1 aromatic rings. The maximum absolute atomic E-state index is 13.6. The van der Waals surface area contributed by atoms with Crippen LogP contribution in [0.1, 0.15) is 25.0 Å². The van der Waals surface area contributed by atoms with Crippen LogP contribution in [-0.2, 0) is 13.1 Å². The zero-order valence-corrected chi connectivity index (χ0v) is 10.7. The fourth-order valence-electron chi connectivity index (χ4n) is 1.88. The fraction of sp³-hybridized carbons (Fsp3) is 0.538. The first kappa shape index (κ1) is 14.1. The molecule has 0 aliphatic carbocycles. The lowest BCUT2D eigenvalue weighted by atomic mass is 10.1. The van der Waals surface area contributed by atoms with Gasteiger partial charge in [0.15, 0.2) is 0 Å². The zero-order chi connectivity index (χ0) is 13.1. The van der Waals surface area contributed by atoms with Gasteiger partial charge in [-0.15, -0.1) is 0 Å². The number of rotatable bonds is 5. The number of halogens is 1. The Morgan fingerprint density at radius 1 is 1.41 bits per heavy atom. The molecule has 0 aromatic heterocycles. The monoisotopic (exact) mass is 240 g/mol. The molecule has 0 fully saturated rings. The molecule has 1 rings (SSSR count). The summed E-state index contributed by atoms with van der Waals surface area (Å²) in [5.74, 6) is -0.232. The number of nitrogens with two attached hydrogens (primary N) is 1. The minimum absolute atomic E-state index is 0.232. The van der Waals surface area contributed by atoms with E-state index >= 15 is 0 Å². The van der Waals surface area contributed by atoms with E-state index in [0.717, 1.165) is 5.56 Å². The van der Waals surface area contributed by atoms with Crippen LogP contribution in [0.25, 0.3) is 0 Å². The molecular formula is C13H21FN2O. The predicted octanol–water partition coefficient (Wildman–Crippen LogP) is 1.49. The van der Waals surface area contributed by atoms with Crippen molar-refractivity contribution in [2.75, 3.05) is 13.6 Å². The Hall–Kier alpha value is -0.970. The highest BCUT2D eigenvalue weighted by atomic mass is 19.1. The van der Waals surface area contributed by atoms with E-state index < -0.39 is 5.60 Å². The van der Waals surface area contributed by atoms with Crippen LogP contribution in [0, 0.1) is 5.82 Å². The van der Waals surface area contributed by atoms with Crippen molar-refractivity contribution in [3.05, 3.63) is 35.1 Å². The average molecular weight is 240 g/mol. The van der Waals surface area contributed by atoms with Crippen LogP contribution in [0.4, 0.5) is 4.39 Å². The molecule has 0 bridgehead atoms. The highest BCUT2D eigenvalue weighted by Crippen LogP contribution is 2.14. The summed E-state index contributed by atoms with van der Waals surface area (Å²) in [6, 6.07) is 4.90. The van der Waals surface area contributed by atoms with Gasteiger partial charge in [0.25, 0.3) is 0 Å². The average Bonchev–Trinajstić information content (AvgIpc) is 2.18. The number of likely N-dealkylation sites (N-methyl/N-ethyl adjacent to an activating group) is 1. The molecular weight excluding hydrogens is 219 g/mol. The Balaban J connectivity index is 2.73. The van der Waals surface area contributed by atoms with Crippen LogP contribution in [0.3, 0.4) is 0 Å². The molecule has 0 spiro atoms. The van der Waals surface area contributed by atoms with Gasteiger partial charge in [-0.25, -0.2) is 4.39 Å². The van der Waals surface area contributed by atoms with Crippen LogP contribution < -0.4 is 5.73 Å². The first-order valence-electron chi connectivity index (χ1n) is 5.70. The Morgan fingerprint density at radius 2 is 2.06 bits per heavy atom. The Kier molecular flexibility index (Phi) is 4.62. The first-order valence-corrected chi connectivity index (χ1v) is 5.70. The third kappa shape index (κ3) is 4.81. The summed E-state index contributed by atoms with van der Waals surface area (Å²) in [5, 5.41) is 9.68. The normalized spacial score (nSPS) is 12.2. The van der Waals surface area contributed by atoms with Gasteiger partial charge in [-0.1, -0.05) is 12.1 Å². The number of hydrogen-bond donors (Lipinski definition) is 2. The van der Waals surface area contributed by atoms with Crippen molar-refractivity contribution in [3.63, 3.8) is 0 Å². The molecule has 0 amide bonds. The molecule has 1 aromatic carbocycles. The topological polar surface area (TPSA) is 49.5 Å². The van der Waals surface area contributed by atoms with Gasteiger partial charge in [0.05, 0.1) is 5.60 Å². The van der Waals surface area contributed by atoms with Crippen LogP contribution in [0.2, 0.25) is 0 Å². The molecule has 4 heteroatoms. The minimum Gasteiger partial charge on any atom is -0.389 e. The Labute approximate surface area is 102 Å². The van der Waals surface area contributed by atoms with E-state index in [1.54, 1.807) is 26.0 Å². The molecule has 0 aliphatic heterocycles. The number of nitrogens with zero attached hydrogens (tertiary/aromatic N) is 1. The van der Waals surface area contributed by atoms with Crippen LogP contribution in [0.15, 0.2) is 18.2 Å². The molecule has 0 aliphatic rings. The van der Waals surface area contributed by atoms with E-state index in [1.165, 1.54) is 6.07 Å². The molecule has 17 heavy (non-hydrogen) atoms. The van der Waals surface area contributed by atoms with Crippen molar-refractivity contribution in [1.29, 1.82) is 0 Å². The van der Waals surface area contributed by atoms with Crippen LogP contribution in [0.5, 0.6) is 0 Å². The summed E-state index contributed by atoms with van der Waals surface area (Å²) >= 11 is 0. The summed E-state index contributed by atoms with van der Waals surface area (Å²) in [6.45, 7) is 4.82. The maximum atomic E-state index is 13.6. The van der Waals surface area contributed by atoms with E-state index in [9.17, 15) is 9.50 Å². The highest BCUT2D eigenvalue weighted by molar-refractivity contribution is 5.25. The molecule has 3 N–H and O–H groups in total. The lowest BCUT2D eigenvalue weighted by Crippen LogP contribution is -2.36. The fourth-order valence-corrected chi connectivity index (χ4v) is 1.88. The number of benzene rings is 1. The van der Waals surface area contributed by atoms with Gasteiger partial charge in [0, 0.05) is 25.2 Å². The standard InChI is InChI=1S/C13H21FN2O/c1-13(2,17)9-16(3)8-11-6-10(7-15)4-5-12(11)14/h4-6,17H,7-9,15H2,1-3H3. The lowest BCUT2D eigenvalue weighted by Gasteiger charge is -2.25.